The Morgan fingerprint density at radius 1 is 1.32 bits per heavy atom. The van der Waals surface area contributed by atoms with Crippen molar-refractivity contribution in [2.45, 2.75) is 31.5 Å². The summed E-state index contributed by atoms with van der Waals surface area (Å²) in [5.74, 6) is -0.148. The predicted octanol–water partition coefficient (Wildman–Crippen LogP) is 4.46. The Kier molecular flexibility index (Phi) is 3.91. The van der Waals surface area contributed by atoms with Crippen LogP contribution in [0.25, 0.3) is 0 Å². The fraction of sp³-hybridized carbons (Fsp3) is 0.462. The van der Waals surface area contributed by atoms with Gasteiger partial charge in [-0.15, -0.1) is 0 Å². The van der Waals surface area contributed by atoms with Crippen molar-refractivity contribution in [1.82, 2.24) is 0 Å². The molecule has 0 spiro atoms. The minimum Gasteiger partial charge on any atom is -0.381 e. The van der Waals surface area contributed by atoms with Gasteiger partial charge < -0.3 is 5.32 Å². The molecule has 2 nitrogen and oxygen atoms in total. The van der Waals surface area contributed by atoms with E-state index in [0.717, 1.165) is 25.3 Å². The first-order chi connectivity index (χ1) is 8.91. The molecule has 0 bridgehead atoms. The van der Waals surface area contributed by atoms with Crippen molar-refractivity contribution in [2.75, 3.05) is 5.32 Å². The summed E-state index contributed by atoms with van der Waals surface area (Å²) in [6.45, 7) is 0. The summed E-state index contributed by atoms with van der Waals surface area (Å²) in [4.78, 5) is 0. The molecule has 1 aliphatic carbocycles. The Morgan fingerprint density at radius 3 is 2.68 bits per heavy atom. The third-order valence-electron chi connectivity index (χ3n) is 3.31. The van der Waals surface area contributed by atoms with E-state index in [4.69, 9.17) is 16.9 Å². The molecule has 1 N–H and O–H groups in total. The molecule has 2 rings (SSSR count). The number of rotatable bonds is 2. The number of halogens is 4. The van der Waals surface area contributed by atoms with E-state index in [1.807, 2.05) is 0 Å². The van der Waals surface area contributed by atoms with Crippen molar-refractivity contribution < 1.29 is 13.2 Å². The minimum atomic E-state index is -4.47. The van der Waals surface area contributed by atoms with Crippen molar-refractivity contribution in [2.24, 2.45) is 5.92 Å². The van der Waals surface area contributed by atoms with Gasteiger partial charge in [-0.3, -0.25) is 0 Å². The van der Waals surface area contributed by atoms with Crippen LogP contribution < -0.4 is 5.32 Å². The Labute approximate surface area is 114 Å². The molecule has 0 aromatic heterocycles. The van der Waals surface area contributed by atoms with Crippen LogP contribution in [0.3, 0.4) is 0 Å². The molecule has 102 valence electrons. The average Bonchev–Trinajstić information content (AvgIpc) is 2.77. The first kappa shape index (κ1) is 14.0. The Hall–Kier alpha value is -1.41. The van der Waals surface area contributed by atoms with Gasteiger partial charge in [0, 0.05) is 11.7 Å². The molecule has 0 heterocycles. The maximum absolute atomic E-state index is 12.7. The first-order valence-corrected chi connectivity index (χ1v) is 6.32. The van der Waals surface area contributed by atoms with Crippen LogP contribution in [0.15, 0.2) is 18.2 Å². The lowest BCUT2D eigenvalue weighted by molar-refractivity contribution is -0.137. The molecular weight excluding hydrogens is 277 g/mol. The lowest BCUT2D eigenvalue weighted by atomic mass is 10.1. The maximum atomic E-state index is 12.7. The summed E-state index contributed by atoms with van der Waals surface area (Å²) >= 11 is 5.55. The number of anilines is 1. The van der Waals surface area contributed by atoms with Crippen LogP contribution in [-0.2, 0) is 6.18 Å². The fourth-order valence-corrected chi connectivity index (χ4v) is 2.56. The minimum absolute atomic E-state index is 0.0905. The molecule has 2 atom stereocenters. The van der Waals surface area contributed by atoms with Crippen LogP contribution in [0.4, 0.5) is 18.9 Å². The highest BCUT2D eigenvalue weighted by Crippen LogP contribution is 2.37. The molecule has 0 aliphatic heterocycles. The SMILES string of the molecule is N#CC1CCCC1Nc1ccc(Cl)c(C(F)(F)F)c1. The third kappa shape index (κ3) is 3.13. The highest BCUT2D eigenvalue weighted by molar-refractivity contribution is 6.31. The van der Waals surface area contributed by atoms with Gasteiger partial charge in [-0.1, -0.05) is 11.6 Å². The van der Waals surface area contributed by atoms with Gasteiger partial charge in [-0.05, 0) is 37.5 Å². The van der Waals surface area contributed by atoms with Gasteiger partial charge in [0.15, 0.2) is 0 Å². The molecule has 19 heavy (non-hydrogen) atoms. The molecule has 2 unspecified atom stereocenters. The number of nitrogens with zero attached hydrogens (tertiary/aromatic N) is 1. The summed E-state index contributed by atoms with van der Waals surface area (Å²) in [5, 5.41) is 11.6. The van der Waals surface area contributed by atoms with E-state index in [0.29, 0.717) is 5.69 Å². The Morgan fingerprint density at radius 2 is 2.05 bits per heavy atom. The average molecular weight is 289 g/mol. The van der Waals surface area contributed by atoms with E-state index in [1.165, 1.54) is 12.1 Å². The van der Waals surface area contributed by atoms with Crippen molar-refractivity contribution in [1.29, 1.82) is 5.26 Å². The van der Waals surface area contributed by atoms with E-state index in [-0.39, 0.29) is 17.0 Å². The standard InChI is InChI=1S/C13H12ClF3N2/c14-11-5-4-9(6-10(11)13(15,16)17)19-12-3-1-2-8(12)7-18/h4-6,8,12,19H,1-3H2. The number of nitrogens with one attached hydrogen (secondary N) is 1. The van der Waals surface area contributed by atoms with E-state index in [2.05, 4.69) is 11.4 Å². The highest BCUT2D eigenvalue weighted by Gasteiger charge is 2.34. The van der Waals surface area contributed by atoms with Gasteiger partial charge in [-0.25, -0.2) is 0 Å². The predicted molar refractivity (Wildman–Crippen MR) is 66.8 cm³/mol. The van der Waals surface area contributed by atoms with Crippen LogP contribution in [0.5, 0.6) is 0 Å². The molecule has 1 saturated carbocycles. The number of hydrogen-bond donors (Lipinski definition) is 1. The van der Waals surface area contributed by atoms with Gasteiger partial charge in [0.25, 0.3) is 0 Å². The number of nitriles is 1. The summed E-state index contributed by atoms with van der Waals surface area (Å²) in [5.41, 5.74) is -0.505. The van der Waals surface area contributed by atoms with Gasteiger partial charge >= 0.3 is 6.18 Å². The van der Waals surface area contributed by atoms with Gasteiger partial charge in [0.2, 0.25) is 0 Å². The van der Waals surface area contributed by atoms with Gasteiger partial charge in [0.1, 0.15) is 0 Å². The number of alkyl halides is 3. The van der Waals surface area contributed by atoms with E-state index >= 15 is 0 Å². The van der Waals surface area contributed by atoms with E-state index in [9.17, 15) is 13.2 Å². The third-order valence-corrected chi connectivity index (χ3v) is 3.64. The van der Waals surface area contributed by atoms with E-state index < -0.39 is 11.7 Å². The molecule has 0 saturated heterocycles. The van der Waals surface area contributed by atoms with Crippen molar-refractivity contribution >= 4 is 17.3 Å². The van der Waals surface area contributed by atoms with Crippen molar-refractivity contribution in [3.8, 4) is 6.07 Å². The first-order valence-electron chi connectivity index (χ1n) is 5.94. The topological polar surface area (TPSA) is 35.8 Å². The molecule has 1 fully saturated rings. The lowest BCUT2D eigenvalue weighted by Gasteiger charge is -2.18. The zero-order valence-corrected chi connectivity index (χ0v) is 10.7. The number of hydrogen-bond acceptors (Lipinski definition) is 2. The zero-order valence-electron chi connectivity index (χ0n) is 9.97. The van der Waals surface area contributed by atoms with Crippen LogP contribution in [-0.4, -0.2) is 6.04 Å². The highest BCUT2D eigenvalue weighted by atomic mass is 35.5. The summed E-state index contributed by atoms with van der Waals surface area (Å²) in [6.07, 6.45) is -1.98. The zero-order chi connectivity index (χ0) is 14.0. The maximum Gasteiger partial charge on any atom is 0.417 e. The van der Waals surface area contributed by atoms with Crippen LogP contribution in [0, 0.1) is 17.2 Å². The second kappa shape index (κ2) is 5.30. The largest absolute Gasteiger partial charge is 0.417 e. The van der Waals surface area contributed by atoms with Crippen molar-refractivity contribution in [3.63, 3.8) is 0 Å². The van der Waals surface area contributed by atoms with Gasteiger partial charge in [-0.2, -0.15) is 18.4 Å². The summed E-state index contributed by atoms with van der Waals surface area (Å²) in [7, 11) is 0. The van der Waals surface area contributed by atoms with Crippen molar-refractivity contribution in [3.05, 3.63) is 28.8 Å². The normalized spacial score (nSPS) is 23.1. The summed E-state index contributed by atoms with van der Waals surface area (Å²) < 4.78 is 38.2. The smallest absolute Gasteiger partial charge is 0.381 e. The Bertz CT molecular complexity index is 508. The monoisotopic (exact) mass is 288 g/mol. The molecule has 0 amide bonds. The molecule has 1 aromatic carbocycles. The quantitative estimate of drug-likeness (QED) is 0.872. The molecule has 1 aromatic rings. The second-order valence-corrected chi connectivity index (χ2v) is 5.02. The second-order valence-electron chi connectivity index (χ2n) is 4.61. The Balaban J connectivity index is 2.20. The molecular formula is C13H12ClF3N2. The van der Waals surface area contributed by atoms with E-state index in [1.54, 1.807) is 0 Å². The molecule has 1 aliphatic rings. The van der Waals surface area contributed by atoms with Crippen LogP contribution in [0.1, 0.15) is 24.8 Å². The summed E-state index contributed by atoms with van der Waals surface area (Å²) in [6, 6.07) is 5.81. The molecule has 6 heteroatoms. The molecule has 0 radical (unpaired) electrons. The number of benzene rings is 1. The van der Waals surface area contributed by atoms with Crippen LogP contribution in [0.2, 0.25) is 5.02 Å². The lowest BCUT2D eigenvalue weighted by Crippen LogP contribution is -2.23. The van der Waals surface area contributed by atoms with Crippen LogP contribution >= 0.6 is 11.6 Å². The van der Waals surface area contributed by atoms with Gasteiger partial charge in [0.05, 0.1) is 22.6 Å². The fourth-order valence-electron chi connectivity index (χ4n) is 2.33.